The number of rotatable bonds is 4. The molecule has 3 nitrogen and oxygen atoms in total. The van der Waals surface area contributed by atoms with E-state index >= 15 is 0 Å². The van der Waals surface area contributed by atoms with E-state index in [0.29, 0.717) is 19.4 Å². The molecule has 1 aliphatic carbocycles. The number of nitrogens with zero attached hydrogens (tertiary/aromatic N) is 2. The van der Waals surface area contributed by atoms with Crippen LogP contribution >= 0.6 is 0 Å². The summed E-state index contributed by atoms with van der Waals surface area (Å²) in [6.45, 7) is 6.37. The standard InChI is InChI=1S/C18H27FN2O/c1-14-11-15(2)17(20-12-14)21-9-5-16(6-10-21)22-13-18(19)7-3-4-8-18/h11-12,16H,3-10,13H2,1-2H3. The highest BCUT2D eigenvalue weighted by molar-refractivity contribution is 5.47. The molecule has 1 aliphatic heterocycles. The van der Waals surface area contributed by atoms with Crippen molar-refractivity contribution in [2.75, 3.05) is 24.6 Å². The minimum atomic E-state index is -1.05. The molecule has 0 N–H and O–H groups in total. The largest absolute Gasteiger partial charge is 0.375 e. The van der Waals surface area contributed by atoms with E-state index in [9.17, 15) is 4.39 Å². The van der Waals surface area contributed by atoms with Crippen LogP contribution in [0.1, 0.15) is 49.7 Å². The van der Waals surface area contributed by atoms with Crippen LogP contribution in [-0.4, -0.2) is 36.5 Å². The fraction of sp³-hybridized carbons (Fsp3) is 0.722. The summed E-state index contributed by atoms with van der Waals surface area (Å²) in [6, 6.07) is 2.18. The highest BCUT2D eigenvalue weighted by atomic mass is 19.1. The third kappa shape index (κ3) is 3.60. The van der Waals surface area contributed by atoms with Crippen molar-refractivity contribution in [3.8, 4) is 0 Å². The zero-order chi connectivity index (χ0) is 15.6. The zero-order valence-electron chi connectivity index (χ0n) is 13.8. The molecule has 0 spiro atoms. The molecule has 2 fully saturated rings. The lowest BCUT2D eigenvalue weighted by Crippen LogP contribution is -2.39. The molecule has 1 saturated heterocycles. The fourth-order valence-corrected chi connectivity index (χ4v) is 3.69. The quantitative estimate of drug-likeness (QED) is 0.842. The summed E-state index contributed by atoms with van der Waals surface area (Å²) in [6.07, 6.45) is 7.44. The average Bonchev–Trinajstić information content (AvgIpc) is 2.93. The Labute approximate surface area is 132 Å². The van der Waals surface area contributed by atoms with Crippen LogP contribution in [0.3, 0.4) is 0 Å². The lowest BCUT2D eigenvalue weighted by atomic mass is 10.0. The van der Waals surface area contributed by atoms with Crippen LogP contribution in [0.25, 0.3) is 0 Å². The van der Waals surface area contributed by atoms with Crippen LogP contribution in [0.4, 0.5) is 10.2 Å². The molecule has 2 heterocycles. The predicted molar refractivity (Wildman–Crippen MR) is 87.2 cm³/mol. The second-order valence-corrected chi connectivity index (χ2v) is 7.01. The van der Waals surface area contributed by atoms with Crippen molar-refractivity contribution in [2.45, 2.75) is 64.1 Å². The van der Waals surface area contributed by atoms with Crippen molar-refractivity contribution >= 4 is 5.82 Å². The van der Waals surface area contributed by atoms with Gasteiger partial charge in [0, 0.05) is 19.3 Å². The monoisotopic (exact) mass is 306 g/mol. The smallest absolute Gasteiger partial charge is 0.134 e. The number of hydrogen-bond acceptors (Lipinski definition) is 3. The number of aryl methyl sites for hydroxylation is 2. The first-order chi connectivity index (χ1) is 10.6. The molecule has 0 radical (unpaired) electrons. The van der Waals surface area contributed by atoms with Gasteiger partial charge >= 0.3 is 0 Å². The summed E-state index contributed by atoms with van der Waals surface area (Å²) >= 11 is 0. The minimum Gasteiger partial charge on any atom is -0.375 e. The van der Waals surface area contributed by atoms with E-state index in [1.807, 2.05) is 6.20 Å². The van der Waals surface area contributed by atoms with Gasteiger partial charge in [-0.05, 0) is 50.7 Å². The number of piperidine rings is 1. The van der Waals surface area contributed by atoms with E-state index in [4.69, 9.17) is 4.74 Å². The van der Waals surface area contributed by atoms with Crippen molar-refractivity contribution in [3.63, 3.8) is 0 Å². The van der Waals surface area contributed by atoms with Crippen molar-refractivity contribution in [2.24, 2.45) is 0 Å². The average molecular weight is 306 g/mol. The van der Waals surface area contributed by atoms with Gasteiger partial charge in [0.2, 0.25) is 0 Å². The molecule has 0 atom stereocenters. The Morgan fingerprint density at radius 1 is 1.27 bits per heavy atom. The molecule has 0 bridgehead atoms. The molecule has 0 amide bonds. The maximum absolute atomic E-state index is 14.4. The summed E-state index contributed by atoms with van der Waals surface area (Å²) in [7, 11) is 0. The molecule has 4 heteroatoms. The van der Waals surface area contributed by atoms with Crippen molar-refractivity contribution in [1.82, 2.24) is 4.98 Å². The van der Waals surface area contributed by atoms with E-state index in [0.717, 1.165) is 44.6 Å². The molecule has 0 unspecified atom stereocenters. The summed E-state index contributed by atoms with van der Waals surface area (Å²) in [5, 5.41) is 0. The Morgan fingerprint density at radius 2 is 1.95 bits per heavy atom. The molecular weight excluding hydrogens is 279 g/mol. The van der Waals surface area contributed by atoms with Gasteiger partial charge in [-0.2, -0.15) is 0 Å². The Hall–Kier alpha value is -1.16. The van der Waals surface area contributed by atoms with Crippen molar-refractivity contribution < 1.29 is 9.13 Å². The van der Waals surface area contributed by atoms with Crippen molar-refractivity contribution in [1.29, 1.82) is 0 Å². The third-order valence-electron chi connectivity index (χ3n) is 5.01. The van der Waals surface area contributed by atoms with Gasteiger partial charge in [-0.25, -0.2) is 9.37 Å². The Bertz CT molecular complexity index is 506. The number of ether oxygens (including phenoxy) is 1. The van der Waals surface area contributed by atoms with Crippen LogP contribution in [0, 0.1) is 13.8 Å². The highest BCUT2D eigenvalue weighted by Gasteiger charge is 2.35. The Balaban J connectivity index is 1.50. The highest BCUT2D eigenvalue weighted by Crippen LogP contribution is 2.34. The number of aromatic nitrogens is 1. The predicted octanol–water partition coefficient (Wildman–Crippen LogP) is 3.97. The van der Waals surface area contributed by atoms with E-state index < -0.39 is 5.67 Å². The first-order valence-corrected chi connectivity index (χ1v) is 8.54. The SMILES string of the molecule is Cc1cnc(N2CCC(OCC3(F)CCCC3)CC2)c(C)c1. The molecule has 122 valence electrons. The Morgan fingerprint density at radius 3 is 2.59 bits per heavy atom. The first-order valence-electron chi connectivity index (χ1n) is 8.54. The second-order valence-electron chi connectivity index (χ2n) is 7.01. The van der Waals surface area contributed by atoms with Gasteiger partial charge in [-0.15, -0.1) is 0 Å². The van der Waals surface area contributed by atoms with Crippen LogP contribution < -0.4 is 4.90 Å². The first kappa shape index (κ1) is 15.7. The van der Waals surface area contributed by atoms with Crippen LogP contribution in [0.15, 0.2) is 12.3 Å². The maximum atomic E-state index is 14.4. The van der Waals surface area contributed by atoms with E-state index in [-0.39, 0.29) is 6.10 Å². The number of anilines is 1. The fourth-order valence-electron chi connectivity index (χ4n) is 3.69. The maximum Gasteiger partial charge on any atom is 0.134 e. The third-order valence-corrected chi connectivity index (χ3v) is 5.01. The normalized spacial score (nSPS) is 22.2. The number of pyridine rings is 1. The van der Waals surface area contributed by atoms with Crippen LogP contribution in [0.5, 0.6) is 0 Å². The molecule has 22 heavy (non-hydrogen) atoms. The van der Waals surface area contributed by atoms with Crippen LogP contribution in [-0.2, 0) is 4.74 Å². The van der Waals surface area contributed by atoms with E-state index in [1.54, 1.807) is 0 Å². The van der Waals surface area contributed by atoms with E-state index in [2.05, 4.69) is 29.8 Å². The van der Waals surface area contributed by atoms with Gasteiger partial charge in [0.25, 0.3) is 0 Å². The van der Waals surface area contributed by atoms with Crippen LogP contribution in [0.2, 0.25) is 0 Å². The molecule has 0 aromatic carbocycles. The van der Waals surface area contributed by atoms with Gasteiger partial charge in [-0.1, -0.05) is 18.9 Å². The molecule has 1 aromatic rings. The lowest BCUT2D eigenvalue weighted by molar-refractivity contribution is -0.0332. The lowest BCUT2D eigenvalue weighted by Gasteiger charge is -2.34. The molecule has 2 aliphatic rings. The number of hydrogen-bond donors (Lipinski definition) is 0. The van der Waals surface area contributed by atoms with Gasteiger partial charge in [0.1, 0.15) is 11.5 Å². The van der Waals surface area contributed by atoms with Gasteiger partial charge in [0.15, 0.2) is 0 Å². The van der Waals surface area contributed by atoms with Crippen molar-refractivity contribution in [3.05, 3.63) is 23.4 Å². The topological polar surface area (TPSA) is 25.4 Å². The van der Waals surface area contributed by atoms with Gasteiger partial charge in [0.05, 0.1) is 12.7 Å². The molecule has 1 saturated carbocycles. The summed E-state index contributed by atoms with van der Waals surface area (Å²) in [5.74, 6) is 1.09. The van der Waals surface area contributed by atoms with Gasteiger partial charge < -0.3 is 9.64 Å². The second kappa shape index (κ2) is 6.53. The number of alkyl halides is 1. The summed E-state index contributed by atoms with van der Waals surface area (Å²) < 4.78 is 20.2. The Kier molecular flexibility index (Phi) is 4.67. The summed E-state index contributed by atoms with van der Waals surface area (Å²) in [4.78, 5) is 6.90. The zero-order valence-corrected chi connectivity index (χ0v) is 13.8. The van der Waals surface area contributed by atoms with E-state index in [1.165, 1.54) is 11.1 Å². The summed E-state index contributed by atoms with van der Waals surface area (Å²) in [5.41, 5.74) is 1.38. The number of halogens is 1. The molecular formula is C18H27FN2O. The molecule has 3 rings (SSSR count). The van der Waals surface area contributed by atoms with Gasteiger partial charge in [-0.3, -0.25) is 0 Å². The minimum absolute atomic E-state index is 0.204. The molecule has 1 aromatic heterocycles.